The normalized spacial score (nSPS) is 15.1. The van der Waals surface area contributed by atoms with E-state index < -0.39 is 0 Å². The summed E-state index contributed by atoms with van der Waals surface area (Å²) in [5.74, 6) is 0.992. The maximum Gasteiger partial charge on any atom is 0.124 e. The number of aromatic nitrogens is 1. The number of aromatic amines is 1. The highest BCUT2D eigenvalue weighted by atomic mass is 32.1. The smallest absolute Gasteiger partial charge is 0.124 e. The molecule has 86 valence electrons. The molecule has 0 aliphatic carbocycles. The van der Waals surface area contributed by atoms with E-state index in [1.807, 2.05) is 6.07 Å². The van der Waals surface area contributed by atoms with Gasteiger partial charge in [-0.15, -0.1) is 0 Å². The van der Waals surface area contributed by atoms with Gasteiger partial charge in [0.05, 0.1) is 5.56 Å². The molecule has 0 unspecified atom stereocenters. The number of hydrogen-bond acceptors (Lipinski definition) is 3. The van der Waals surface area contributed by atoms with Gasteiger partial charge in [-0.25, -0.2) is 0 Å². The van der Waals surface area contributed by atoms with Gasteiger partial charge in [-0.2, -0.15) is 16.6 Å². The summed E-state index contributed by atoms with van der Waals surface area (Å²) < 4.78 is 0. The third-order valence-corrected chi connectivity index (χ3v) is 3.86. The largest absolute Gasteiger partial charge is 0.357 e. The average molecular weight is 243 g/mol. The Labute approximate surface area is 104 Å². The van der Waals surface area contributed by atoms with Crippen LogP contribution in [0, 0.1) is 11.3 Å². The lowest BCUT2D eigenvalue weighted by atomic mass is 10.2. The molecule has 0 aromatic carbocycles. The van der Waals surface area contributed by atoms with Crippen molar-refractivity contribution in [2.45, 2.75) is 12.8 Å². The van der Waals surface area contributed by atoms with Crippen molar-refractivity contribution < 1.29 is 0 Å². The van der Waals surface area contributed by atoms with Gasteiger partial charge < -0.3 is 9.88 Å². The second kappa shape index (κ2) is 4.27. The van der Waals surface area contributed by atoms with Gasteiger partial charge in [0.25, 0.3) is 0 Å². The molecule has 0 saturated carbocycles. The molecule has 0 amide bonds. The minimum absolute atomic E-state index is 0.758. The van der Waals surface area contributed by atoms with E-state index in [1.54, 1.807) is 11.3 Å². The van der Waals surface area contributed by atoms with Crippen molar-refractivity contribution in [1.82, 2.24) is 4.98 Å². The minimum Gasteiger partial charge on any atom is -0.357 e. The number of nitrogens with one attached hydrogen (secondary N) is 1. The van der Waals surface area contributed by atoms with Gasteiger partial charge >= 0.3 is 0 Å². The molecule has 2 aromatic rings. The molecule has 2 aromatic heterocycles. The van der Waals surface area contributed by atoms with E-state index in [-0.39, 0.29) is 0 Å². The van der Waals surface area contributed by atoms with Crippen LogP contribution in [0.3, 0.4) is 0 Å². The van der Waals surface area contributed by atoms with Crippen LogP contribution < -0.4 is 4.90 Å². The molecule has 3 heterocycles. The molecule has 3 nitrogen and oxygen atoms in total. The first-order valence-corrected chi connectivity index (χ1v) is 6.73. The Morgan fingerprint density at radius 3 is 2.82 bits per heavy atom. The Kier molecular flexibility index (Phi) is 2.62. The first-order chi connectivity index (χ1) is 8.38. The minimum atomic E-state index is 0.758. The topological polar surface area (TPSA) is 42.8 Å². The molecule has 1 aliphatic rings. The predicted molar refractivity (Wildman–Crippen MR) is 70.3 cm³/mol. The summed E-state index contributed by atoms with van der Waals surface area (Å²) in [7, 11) is 0. The van der Waals surface area contributed by atoms with E-state index in [4.69, 9.17) is 0 Å². The van der Waals surface area contributed by atoms with E-state index in [9.17, 15) is 5.26 Å². The van der Waals surface area contributed by atoms with Crippen molar-refractivity contribution in [2.24, 2.45) is 0 Å². The molecule has 4 heteroatoms. The third kappa shape index (κ3) is 1.83. The molecule has 1 N–H and O–H groups in total. The summed E-state index contributed by atoms with van der Waals surface area (Å²) >= 11 is 1.67. The van der Waals surface area contributed by atoms with Gasteiger partial charge in [0.15, 0.2) is 0 Å². The van der Waals surface area contributed by atoms with Crippen LogP contribution in [0.2, 0.25) is 0 Å². The average Bonchev–Trinajstić information content (AvgIpc) is 3.09. The Bertz CT molecular complexity index is 542. The van der Waals surface area contributed by atoms with Crippen molar-refractivity contribution in [2.75, 3.05) is 18.0 Å². The zero-order valence-corrected chi connectivity index (χ0v) is 10.3. The van der Waals surface area contributed by atoms with Crippen molar-refractivity contribution in [3.8, 4) is 17.3 Å². The van der Waals surface area contributed by atoms with Gasteiger partial charge in [0.2, 0.25) is 0 Å². The molecule has 1 fully saturated rings. The van der Waals surface area contributed by atoms with Gasteiger partial charge in [-0.05, 0) is 30.4 Å². The fourth-order valence-electron chi connectivity index (χ4n) is 2.29. The predicted octanol–water partition coefficient (Wildman–Crippen LogP) is 3.22. The second-order valence-corrected chi connectivity index (χ2v) is 5.04. The second-order valence-electron chi connectivity index (χ2n) is 4.26. The number of rotatable bonds is 2. The van der Waals surface area contributed by atoms with E-state index in [1.165, 1.54) is 12.8 Å². The quantitative estimate of drug-likeness (QED) is 0.880. The SMILES string of the molecule is N#Cc1cc(-c2ccsc2)[nH]c1N1CCCC1. The summed E-state index contributed by atoms with van der Waals surface area (Å²) in [5, 5.41) is 13.3. The summed E-state index contributed by atoms with van der Waals surface area (Å²) in [6.07, 6.45) is 2.44. The van der Waals surface area contributed by atoms with E-state index >= 15 is 0 Å². The molecular formula is C13H13N3S. The van der Waals surface area contributed by atoms with Crippen LogP contribution in [0.5, 0.6) is 0 Å². The lowest BCUT2D eigenvalue weighted by molar-refractivity contribution is 0.944. The summed E-state index contributed by atoms with van der Waals surface area (Å²) in [4.78, 5) is 5.66. The molecule has 17 heavy (non-hydrogen) atoms. The Hall–Kier alpha value is -1.73. The van der Waals surface area contributed by atoms with E-state index in [0.717, 1.165) is 35.7 Å². The van der Waals surface area contributed by atoms with Crippen molar-refractivity contribution in [1.29, 1.82) is 5.26 Å². The molecule has 1 aliphatic heterocycles. The Morgan fingerprint density at radius 1 is 1.35 bits per heavy atom. The van der Waals surface area contributed by atoms with Gasteiger partial charge in [0.1, 0.15) is 11.9 Å². The van der Waals surface area contributed by atoms with Crippen LogP contribution in [0.4, 0.5) is 5.82 Å². The summed E-state index contributed by atoms with van der Waals surface area (Å²) in [6.45, 7) is 2.11. The van der Waals surface area contributed by atoms with Crippen LogP contribution in [-0.4, -0.2) is 18.1 Å². The highest BCUT2D eigenvalue weighted by Gasteiger charge is 2.18. The zero-order chi connectivity index (χ0) is 11.7. The van der Waals surface area contributed by atoms with Crippen molar-refractivity contribution in [3.63, 3.8) is 0 Å². The zero-order valence-electron chi connectivity index (χ0n) is 9.44. The van der Waals surface area contributed by atoms with Gasteiger partial charge in [0, 0.05) is 29.7 Å². The highest BCUT2D eigenvalue weighted by molar-refractivity contribution is 7.08. The van der Waals surface area contributed by atoms with E-state index in [0.29, 0.717) is 0 Å². The first kappa shape index (κ1) is 10.4. The summed E-state index contributed by atoms with van der Waals surface area (Å²) in [6, 6.07) is 6.31. The van der Waals surface area contributed by atoms with Crippen LogP contribution >= 0.6 is 11.3 Å². The van der Waals surface area contributed by atoms with Crippen molar-refractivity contribution >= 4 is 17.2 Å². The fraction of sp³-hybridized carbons (Fsp3) is 0.308. The maximum absolute atomic E-state index is 9.20. The lowest BCUT2D eigenvalue weighted by Crippen LogP contribution is -2.18. The molecule has 0 spiro atoms. The fourth-order valence-corrected chi connectivity index (χ4v) is 2.95. The maximum atomic E-state index is 9.20. The van der Waals surface area contributed by atoms with Crippen molar-refractivity contribution in [3.05, 3.63) is 28.5 Å². The Balaban J connectivity index is 2.01. The van der Waals surface area contributed by atoms with Gasteiger partial charge in [-0.3, -0.25) is 0 Å². The number of hydrogen-bond donors (Lipinski definition) is 1. The van der Waals surface area contributed by atoms with Crippen LogP contribution in [0.15, 0.2) is 22.9 Å². The van der Waals surface area contributed by atoms with Gasteiger partial charge in [-0.1, -0.05) is 0 Å². The first-order valence-electron chi connectivity index (χ1n) is 5.79. The molecule has 0 radical (unpaired) electrons. The monoisotopic (exact) mass is 243 g/mol. The third-order valence-electron chi connectivity index (χ3n) is 3.17. The van der Waals surface area contributed by atoms with Crippen LogP contribution in [-0.2, 0) is 0 Å². The molecule has 3 rings (SSSR count). The highest BCUT2D eigenvalue weighted by Crippen LogP contribution is 2.30. The number of nitriles is 1. The number of thiophene rings is 1. The van der Waals surface area contributed by atoms with E-state index in [2.05, 4.69) is 32.8 Å². The molecule has 0 atom stereocenters. The number of H-pyrrole nitrogens is 1. The molecule has 1 saturated heterocycles. The summed E-state index contributed by atoms with van der Waals surface area (Å²) in [5.41, 5.74) is 2.97. The molecular weight excluding hydrogens is 230 g/mol. The Morgan fingerprint density at radius 2 is 2.18 bits per heavy atom. The van der Waals surface area contributed by atoms with Crippen LogP contribution in [0.1, 0.15) is 18.4 Å². The van der Waals surface area contributed by atoms with Crippen LogP contribution in [0.25, 0.3) is 11.3 Å². The standard InChI is InChI=1S/C13H13N3S/c14-8-11-7-12(10-3-6-17-9-10)15-13(11)16-4-1-2-5-16/h3,6-7,9,15H,1-2,4-5H2. The molecule has 0 bridgehead atoms. The lowest BCUT2D eigenvalue weighted by Gasteiger charge is -2.15. The number of anilines is 1. The number of nitrogens with zero attached hydrogens (tertiary/aromatic N) is 2.